The van der Waals surface area contributed by atoms with Crippen molar-refractivity contribution in [1.82, 2.24) is 10.6 Å². The summed E-state index contributed by atoms with van der Waals surface area (Å²) in [5.41, 5.74) is -1.81. The lowest BCUT2D eigenvalue weighted by Gasteiger charge is -2.40. The van der Waals surface area contributed by atoms with Crippen LogP contribution in [0.1, 0.15) is 47.0 Å². The molecule has 0 aromatic heterocycles. The number of amides is 1. The maximum Gasteiger partial charge on any atom is 0.311 e. The predicted octanol–water partition coefficient (Wildman–Crippen LogP) is 1.13. The molecule has 0 aromatic carbocycles. The van der Waals surface area contributed by atoms with Crippen LogP contribution in [-0.2, 0) is 9.59 Å². The number of carboxylic acids is 1. The summed E-state index contributed by atoms with van der Waals surface area (Å²) in [7, 11) is 0. The molecule has 0 unspecified atom stereocenters. The average molecular weight is 256 g/mol. The number of piperidine rings is 1. The van der Waals surface area contributed by atoms with Crippen LogP contribution in [0.3, 0.4) is 0 Å². The van der Waals surface area contributed by atoms with Crippen molar-refractivity contribution in [3.05, 3.63) is 0 Å². The smallest absolute Gasteiger partial charge is 0.311 e. The topological polar surface area (TPSA) is 78.4 Å². The Morgan fingerprint density at radius 1 is 1.22 bits per heavy atom. The van der Waals surface area contributed by atoms with E-state index in [1.165, 1.54) is 0 Å². The second-order valence-electron chi connectivity index (χ2n) is 6.05. The Bertz CT molecular complexity index is 331. The van der Waals surface area contributed by atoms with Gasteiger partial charge in [0.25, 0.3) is 0 Å². The summed E-state index contributed by atoms with van der Waals surface area (Å²) in [5, 5.41) is 15.3. The van der Waals surface area contributed by atoms with Crippen molar-refractivity contribution < 1.29 is 14.7 Å². The van der Waals surface area contributed by atoms with E-state index in [1.807, 2.05) is 0 Å². The molecule has 0 aliphatic carbocycles. The van der Waals surface area contributed by atoms with Crippen LogP contribution < -0.4 is 10.6 Å². The number of aliphatic carboxylic acids is 1. The first kappa shape index (κ1) is 15.0. The minimum Gasteiger partial charge on any atom is -0.481 e. The Kier molecular flexibility index (Phi) is 4.37. The maximum absolute atomic E-state index is 12.1. The zero-order chi connectivity index (χ0) is 14.0. The number of carboxylic acid groups (broad SMARTS) is 1. The maximum atomic E-state index is 12.1. The largest absolute Gasteiger partial charge is 0.481 e. The molecule has 1 saturated heterocycles. The number of hydrogen-bond acceptors (Lipinski definition) is 3. The molecule has 1 amide bonds. The van der Waals surface area contributed by atoms with Crippen LogP contribution in [0.15, 0.2) is 0 Å². The van der Waals surface area contributed by atoms with Crippen LogP contribution in [-0.4, -0.2) is 35.1 Å². The molecule has 5 heteroatoms. The normalized spacial score (nSPS) is 21.4. The Hall–Kier alpha value is -1.10. The van der Waals surface area contributed by atoms with Gasteiger partial charge in [0.15, 0.2) is 0 Å². The lowest BCUT2D eigenvalue weighted by molar-refractivity contribution is -0.152. The minimum absolute atomic E-state index is 0.103. The first-order valence-corrected chi connectivity index (χ1v) is 6.47. The third kappa shape index (κ3) is 3.02. The average Bonchev–Trinajstić information content (AvgIpc) is 2.29. The van der Waals surface area contributed by atoms with E-state index in [9.17, 15) is 14.7 Å². The molecule has 0 aromatic rings. The van der Waals surface area contributed by atoms with E-state index in [4.69, 9.17) is 0 Å². The standard InChI is InChI=1S/C13H24N2O3/c1-12(2,11(17)18)13(3,4)15-10(16)9-7-5-6-8-14-9/h9,14H,5-8H2,1-4H3,(H,15,16)(H,17,18)/t9-/m0/s1. The molecule has 0 saturated carbocycles. The first-order valence-electron chi connectivity index (χ1n) is 6.47. The van der Waals surface area contributed by atoms with Gasteiger partial charge in [-0.2, -0.15) is 0 Å². The number of carbonyl (C=O) groups excluding carboxylic acids is 1. The van der Waals surface area contributed by atoms with E-state index in [1.54, 1.807) is 27.7 Å². The van der Waals surface area contributed by atoms with Gasteiger partial charge in [-0.15, -0.1) is 0 Å². The fraction of sp³-hybridized carbons (Fsp3) is 0.846. The molecule has 3 N–H and O–H groups in total. The van der Waals surface area contributed by atoms with Gasteiger partial charge in [-0.25, -0.2) is 0 Å². The van der Waals surface area contributed by atoms with Crippen molar-refractivity contribution in [2.45, 2.75) is 58.5 Å². The zero-order valence-electron chi connectivity index (χ0n) is 11.7. The van der Waals surface area contributed by atoms with Gasteiger partial charge in [-0.3, -0.25) is 9.59 Å². The van der Waals surface area contributed by atoms with Crippen LogP contribution in [0, 0.1) is 5.41 Å². The van der Waals surface area contributed by atoms with Crippen molar-refractivity contribution in [3.63, 3.8) is 0 Å². The van der Waals surface area contributed by atoms with Crippen LogP contribution in [0.4, 0.5) is 0 Å². The molecule has 1 fully saturated rings. The van der Waals surface area contributed by atoms with E-state index in [-0.39, 0.29) is 11.9 Å². The second kappa shape index (κ2) is 5.26. The van der Waals surface area contributed by atoms with E-state index in [2.05, 4.69) is 10.6 Å². The van der Waals surface area contributed by atoms with Crippen LogP contribution >= 0.6 is 0 Å². The highest BCUT2D eigenvalue weighted by atomic mass is 16.4. The molecule has 0 spiro atoms. The summed E-state index contributed by atoms with van der Waals surface area (Å²) >= 11 is 0. The van der Waals surface area contributed by atoms with Gasteiger partial charge in [0.05, 0.1) is 17.0 Å². The number of hydrogen-bond donors (Lipinski definition) is 3. The molecule has 0 radical (unpaired) electrons. The summed E-state index contributed by atoms with van der Waals surface area (Å²) in [6.07, 6.45) is 2.94. The van der Waals surface area contributed by atoms with E-state index < -0.39 is 16.9 Å². The summed E-state index contributed by atoms with van der Waals surface area (Å²) in [4.78, 5) is 23.4. The molecule has 1 atom stereocenters. The molecule has 1 aliphatic heterocycles. The summed E-state index contributed by atoms with van der Waals surface area (Å²) in [6.45, 7) is 7.61. The highest BCUT2D eigenvalue weighted by Crippen LogP contribution is 2.30. The van der Waals surface area contributed by atoms with Crippen LogP contribution in [0.2, 0.25) is 0 Å². The van der Waals surface area contributed by atoms with Crippen molar-refractivity contribution >= 4 is 11.9 Å². The number of nitrogens with one attached hydrogen (secondary N) is 2. The lowest BCUT2D eigenvalue weighted by atomic mass is 9.74. The summed E-state index contributed by atoms with van der Waals surface area (Å²) in [5.74, 6) is -1.02. The Labute approximate surface area is 108 Å². The quantitative estimate of drug-likeness (QED) is 0.704. The fourth-order valence-electron chi connectivity index (χ4n) is 1.89. The SMILES string of the molecule is CC(C)(NC(=O)[C@@H]1CCCCN1)C(C)(C)C(=O)O. The van der Waals surface area contributed by atoms with Gasteiger partial charge in [-0.05, 0) is 47.1 Å². The molecular weight excluding hydrogens is 232 g/mol. The third-order valence-corrected chi connectivity index (χ3v) is 4.16. The summed E-state index contributed by atoms with van der Waals surface area (Å²) in [6, 6.07) is -0.192. The first-order chi connectivity index (χ1) is 8.18. The van der Waals surface area contributed by atoms with Gasteiger partial charge in [0.1, 0.15) is 0 Å². The second-order valence-corrected chi connectivity index (χ2v) is 6.05. The van der Waals surface area contributed by atoms with Gasteiger partial charge in [-0.1, -0.05) is 6.42 Å². The lowest BCUT2D eigenvalue weighted by Crippen LogP contribution is -2.60. The van der Waals surface area contributed by atoms with Crippen molar-refractivity contribution in [3.8, 4) is 0 Å². The van der Waals surface area contributed by atoms with Crippen molar-refractivity contribution in [2.75, 3.05) is 6.54 Å². The predicted molar refractivity (Wildman–Crippen MR) is 69.3 cm³/mol. The Morgan fingerprint density at radius 3 is 2.28 bits per heavy atom. The summed E-state index contributed by atoms with van der Waals surface area (Å²) < 4.78 is 0. The fourth-order valence-corrected chi connectivity index (χ4v) is 1.89. The third-order valence-electron chi connectivity index (χ3n) is 4.16. The van der Waals surface area contributed by atoms with E-state index in [0.717, 1.165) is 25.8 Å². The molecular formula is C13H24N2O3. The highest BCUT2D eigenvalue weighted by molar-refractivity contribution is 5.84. The van der Waals surface area contributed by atoms with E-state index >= 15 is 0 Å². The number of carbonyl (C=O) groups is 2. The minimum atomic E-state index is -1.02. The molecule has 1 aliphatic rings. The van der Waals surface area contributed by atoms with E-state index in [0.29, 0.717) is 0 Å². The molecule has 5 nitrogen and oxygen atoms in total. The van der Waals surface area contributed by atoms with Crippen LogP contribution in [0.25, 0.3) is 0 Å². The molecule has 104 valence electrons. The van der Waals surface area contributed by atoms with Gasteiger partial charge < -0.3 is 15.7 Å². The van der Waals surface area contributed by atoms with Crippen LogP contribution in [0.5, 0.6) is 0 Å². The molecule has 1 heterocycles. The van der Waals surface area contributed by atoms with Crippen molar-refractivity contribution in [1.29, 1.82) is 0 Å². The monoisotopic (exact) mass is 256 g/mol. The van der Waals surface area contributed by atoms with Gasteiger partial charge >= 0.3 is 5.97 Å². The number of rotatable bonds is 4. The molecule has 1 rings (SSSR count). The Balaban J connectivity index is 2.70. The Morgan fingerprint density at radius 2 is 1.83 bits per heavy atom. The van der Waals surface area contributed by atoms with Gasteiger partial charge in [0.2, 0.25) is 5.91 Å². The van der Waals surface area contributed by atoms with Crippen molar-refractivity contribution in [2.24, 2.45) is 5.41 Å². The highest BCUT2D eigenvalue weighted by Gasteiger charge is 2.45. The zero-order valence-corrected chi connectivity index (χ0v) is 11.7. The molecule has 18 heavy (non-hydrogen) atoms. The molecule has 0 bridgehead atoms. The van der Waals surface area contributed by atoms with Gasteiger partial charge in [0, 0.05) is 0 Å².